The predicted molar refractivity (Wildman–Crippen MR) is 51.1 cm³/mol. The molecule has 0 aromatic rings. The fraction of sp³-hybridized carbons (Fsp3) is 0.800. The average molecular weight is 196 g/mol. The van der Waals surface area contributed by atoms with Crippen molar-refractivity contribution in [3.05, 3.63) is 0 Å². The molecular formula is C10H16N2O2. The monoisotopic (exact) mass is 196 g/mol. The van der Waals surface area contributed by atoms with Gasteiger partial charge in [0.15, 0.2) is 0 Å². The molecule has 0 aliphatic heterocycles. The molecule has 2 aliphatic carbocycles. The molecule has 0 aromatic carbocycles. The minimum Gasteiger partial charge on any atom is -0.368 e. The lowest BCUT2D eigenvalue weighted by Gasteiger charge is -2.15. The number of nitrogens with one attached hydrogen (secondary N) is 1. The average Bonchev–Trinajstić information content (AvgIpc) is 2.73. The van der Waals surface area contributed by atoms with Gasteiger partial charge in [-0.05, 0) is 38.0 Å². The molecule has 0 spiro atoms. The van der Waals surface area contributed by atoms with Gasteiger partial charge in [0.2, 0.25) is 11.8 Å². The Morgan fingerprint density at radius 2 is 1.86 bits per heavy atom. The molecule has 14 heavy (non-hydrogen) atoms. The molecule has 2 saturated carbocycles. The number of nitrogens with two attached hydrogens (primary N) is 1. The van der Waals surface area contributed by atoms with E-state index in [0.29, 0.717) is 0 Å². The number of hydrogen-bond donors (Lipinski definition) is 2. The molecule has 0 bridgehead atoms. The van der Waals surface area contributed by atoms with Crippen LogP contribution in [0.2, 0.25) is 0 Å². The first-order valence-electron chi connectivity index (χ1n) is 5.17. The second kappa shape index (κ2) is 3.26. The Labute approximate surface area is 83.2 Å². The van der Waals surface area contributed by atoms with Gasteiger partial charge in [-0.3, -0.25) is 9.59 Å². The molecule has 78 valence electrons. The molecule has 0 radical (unpaired) electrons. The van der Waals surface area contributed by atoms with Gasteiger partial charge in [0.25, 0.3) is 0 Å². The second-order valence-corrected chi connectivity index (χ2v) is 4.56. The molecular weight excluding hydrogens is 180 g/mol. The van der Waals surface area contributed by atoms with Crippen molar-refractivity contribution < 1.29 is 9.59 Å². The summed E-state index contributed by atoms with van der Waals surface area (Å²) in [6.07, 6.45) is 3.30. The van der Waals surface area contributed by atoms with Crippen LogP contribution in [0.1, 0.15) is 26.2 Å². The quantitative estimate of drug-likeness (QED) is 0.668. The first-order chi connectivity index (χ1) is 6.58. The maximum atomic E-state index is 11.6. The summed E-state index contributed by atoms with van der Waals surface area (Å²) >= 11 is 0. The highest BCUT2D eigenvalue weighted by Gasteiger charge is 2.48. The summed E-state index contributed by atoms with van der Waals surface area (Å²) in [7, 11) is 0. The summed E-state index contributed by atoms with van der Waals surface area (Å²) < 4.78 is 0. The van der Waals surface area contributed by atoms with Crippen molar-refractivity contribution in [1.82, 2.24) is 5.32 Å². The van der Waals surface area contributed by atoms with Gasteiger partial charge >= 0.3 is 0 Å². The van der Waals surface area contributed by atoms with E-state index in [2.05, 4.69) is 5.32 Å². The molecule has 0 aromatic heterocycles. The summed E-state index contributed by atoms with van der Waals surface area (Å²) in [5.74, 6) is 1.23. The lowest BCUT2D eigenvalue weighted by atomic mass is 10.0. The molecule has 3 unspecified atom stereocenters. The maximum Gasteiger partial charge on any atom is 0.239 e. The van der Waals surface area contributed by atoms with E-state index in [-0.39, 0.29) is 11.8 Å². The van der Waals surface area contributed by atoms with Crippen LogP contribution < -0.4 is 11.1 Å². The van der Waals surface area contributed by atoms with Crippen molar-refractivity contribution in [3.8, 4) is 0 Å². The number of rotatable bonds is 3. The summed E-state index contributed by atoms with van der Waals surface area (Å²) in [6.45, 7) is 1.62. The highest BCUT2D eigenvalue weighted by Crippen LogP contribution is 2.54. The Morgan fingerprint density at radius 3 is 2.36 bits per heavy atom. The third-order valence-electron chi connectivity index (χ3n) is 3.40. The third kappa shape index (κ3) is 1.74. The Balaban J connectivity index is 1.81. The van der Waals surface area contributed by atoms with Crippen molar-refractivity contribution in [1.29, 1.82) is 0 Å². The molecule has 0 saturated heterocycles. The number of carbonyl (C=O) groups is 2. The van der Waals surface area contributed by atoms with E-state index in [9.17, 15) is 9.59 Å². The van der Waals surface area contributed by atoms with Crippen molar-refractivity contribution in [2.75, 3.05) is 0 Å². The third-order valence-corrected chi connectivity index (χ3v) is 3.40. The van der Waals surface area contributed by atoms with Gasteiger partial charge in [0.05, 0.1) is 0 Å². The van der Waals surface area contributed by atoms with Gasteiger partial charge in [-0.2, -0.15) is 0 Å². The molecule has 2 amide bonds. The SMILES string of the molecule is CC(NC(=O)C1CC2CC2C1)C(N)=O. The fourth-order valence-electron chi connectivity index (χ4n) is 2.33. The molecule has 2 aliphatic rings. The van der Waals surface area contributed by atoms with Gasteiger partial charge in [0, 0.05) is 5.92 Å². The van der Waals surface area contributed by atoms with Crippen LogP contribution in [0.15, 0.2) is 0 Å². The zero-order chi connectivity index (χ0) is 10.3. The van der Waals surface area contributed by atoms with E-state index in [0.717, 1.165) is 24.7 Å². The highest BCUT2D eigenvalue weighted by atomic mass is 16.2. The molecule has 4 nitrogen and oxygen atoms in total. The Kier molecular flexibility index (Phi) is 2.21. The maximum absolute atomic E-state index is 11.6. The van der Waals surface area contributed by atoms with E-state index >= 15 is 0 Å². The Bertz CT molecular complexity index is 267. The number of hydrogen-bond acceptors (Lipinski definition) is 2. The summed E-state index contributed by atoms with van der Waals surface area (Å²) in [4.78, 5) is 22.3. The van der Waals surface area contributed by atoms with Gasteiger partial charge in [-0.1, -0.05) is 0 Å². The minimum absolute atomic E-state index is 0.00324. The van der Waals surface area contributed by atoms with E-state index < -0.39 is 11.9 Å². The predicted octanol–water partition coefficient (Wildman–Crippen LogP) is 0.0225. The van der Waals surface area contributed by atoms with Gasteiger partial charge in [-0.15, -0.1) is 0 Å². The highest BCUT2D eigenvalue weighted by molar-refractivity contribution is 5.87. The number of carbonyl (C=O) groups excluding carboxylic acids is 2. The first-order valence-corrected chi connectivity index (χ1v) is 5.17. The summed E-state index contributed by atoms with van der Waals surface area (Å²) in [5, 5.41) is 2.65. The van der Waals surface area contributed by atoms with Gasteiger partial charge in [0.1, 0.15) is 6.04 Å². The van der Waals surface area contributed by atoms with E-state index in [1.54, 1.807) is 6.92 Å². The van der Waals surface area contributed by atoms with Gasteiger partial charge in [-0.25, -0.2) is 0 Å². The van der Waals surface area contributed by atoms with Crippen LogP contribution >= 0.6 is 0 Å². The Hall–Kier alpha value is -1.06. The zero-order valence-electron chi connectivity index (χ0n) is 8.32. The minimum atomic E-state index is -0.542. The largest absolute Gasteiger partial charge is 0.368 e. The normalized spacial score (nSPS) is 35.9. The van der Waals surface area contributed by atoms with Crippen LogP contribution in [0.5, 0.6) is 0 Å². The van der Waals surface area contributed by atoms with Crippen LogP contribution in [0.3, 0.4) is 0 Å². The summed E-state index contributed by atoms with van der Waals surface area (Å²) in [6, 6.07) is -0.542. The fourth-order valence-corrected chi connectivity index (χ4v) is 2.33. The number of fused-ring (bicyclic) bond motifs is 1. The van der Waals surface area contributed by atoms with Crippen molar-refractivity contribution in [2.24, 2.45) is 23.5 Å². The van der Waals surface area contributed by atoms with Crippen LogP contribution in [-0.4, -0.2) is 17.9 Å². The zero-order valence-corrected chi connectivity index (χ0v) is 8.32. The van der Waals surface area contributed by atoms with E-state index in [1.165, 1.54) is 6.42 Å². The van der Waals surface area contributed by atoms with Crippen molar-refractivity contribution in [2.45, 2.75) is 32.2 Å². The number of primary amides is 1. The second-order valence-electron chi connectivity index (χ2n) is 4.56. The molecule has 0 heterocycles. The van der Waals surface area contributed by atoms with Crippen LogP contribution in [-0.2, 0) is 9.59 Å². The van der Waals surface area contributed by atoms with Crippen LogP contribution in [0.4, 0.5) is 0 Å². The lowest BCUT2D eigenvalue weighted by Crippen LogP contribution is -2.44. The standard InChI is InChI=1S/C10H16N2O2/c1-5(9(11)13)12-10(14)8-3-6-2-7(6)4-8/h5-8H,2-4H2,1H3,(H2,11,13)(H,12,14). The molecule has 3 N–H and O–H groups in total. The van der Waals surface area contributed by atoms with Crippen molar-refractivity contribution >= 4 is 11.8 Å². The number of amides is 2. The molecule has 2 rings (SSSR count). The first kappa shape index (κ1) is 9.49. The molecule has 3 atom stereocenters. The van der Waals surface area contributed by atoms with Crippen LogP contribution in [0.25, 0.3) is 0 Å². The smallest absolute Gasteiger partial charge is 0.239 e. The Morgan fingerprint density at radius 1 is 1.29 bits per heavy atom. The van der Waals surface area contributed by atoms with E-state index in [1.807, 2.05) is 0 Å². The van der Waals surface area contributed by atoms with Crippen LogP contribution in [0, 0.1) is 17.8 Å². The van der Waals surface area contributed by atoms with Crippen molar-refractivity contribution in [3.63, 3.8) is 0 Å². The topological polar surface area (TPSA) is 72.2 Å². The summed E-state index contributed by atoms with van der Waals surface area (Å²) in [5.41, 5.74) is 5.07. The van der Waals surface area contributed by atoms with E-state index in [4.69, 9.17) is 5.73 Å². The lowest BCUT2D eigenvalue weighted by molar-refractivity contribution is -0.129. The molecule has 4 heteroatoms. The van der Waals surface area contributed by atoms with Gasteiger partial charge < -0.3 is 11.1 Å². The molecule has 2 fully saturated rings.